The normalized spacial score (nSPS) is 12.5. The zero-order chi connectivity index (χ0) is 9.84. The van der Waals surface area contributed by atoms with E-state index in [0.29, 0.717) is 5.76 Å². The number of halogens is 1. The SMILES string of the molecule is COC(=O)CC(N)c1ccc(Cl)o1. The molecule has 0 aliphatic heterocycles. The quantitative estimate of drug-likeness (QED) is 0.756. The molecule has 0 fully saturated rings. The molecule has 1 aromatic rings. The Balaban J connectivity index is 2.58. The molecule has 1 aromatic heterocycles. The van der Waals surface area contributed by atoms with Crippen LogP contribution in [-0.4, -0.2) is 13.1 Å². The smallest absolute Gasteiger partial charge is 0.307 e. The molecule has 72 valence electrons. The zero-order valence-corrected chi connectivity index (χ0v) is 7.88. The average Bonchev–Trinajstić information content (AvgIpc) is 2.51. The lowest BCUT2D eigenvalue weighted by Crippen LogP contribution is -2.15. The molecule has 0 bridgehead atoms. The van der Waals surface area contributed by atoms with Crippen LogP contribution < -0.4 is 5.73 Å². The van der Waals surface area contributed by atoms with E-state index < -0.39 is 6.04 Å². The Morgan fingerprint density at radius 2 is 2.46 bits per heavy atom. The number of hydrogen-bond acceptors (Lipinski definition) is 4. The molecule has 2 N–H and O–H groups in total. The molecule has 5 heteroatoms. The van der Waals surface area contributed by atoms with E-state index >= 15 is 0 Å². The maximum absolute atomic E-state index is 10.8. The highest BCUT2D eigenvalue weighted by molar-refractivity contribution is 6.28. The first-order valence-corrected chi connectivity index (χ1v) is 4.09. The van der Waals surface area contributed by atoms with Crippen LogP contribution in [0.3, 0.4) is 0 Å². The maximum atomic E-state index is 10.8. The summed E-state index contributed by atoms with van der Waals surface area (Å²) in [6, 6.07) is 2.71. The average molecular weight is 204 g/mol. The molecule has 0 aliphatic rings. The molecular weight excluding hydrogens is 194 g/mol. The molecule has 1 heterocycles. The fraction of sp³-hybridized carbons (Fsp3) is 0.375. The number of nitrogens with two attached hydrogens (primary N) is 1. The summed E-state index contributed by atoms with van der Waals surface area (Å²) < 4.78 is 9.48. The van der Waals surface area contributed by atoms with Gasteiger partial charge in [-0.1, -0.05) is 0 Å². The van der Waals surface area contributed by atoms with E-state index in [9.17, 15) is 4.79 Å². The molecule has 0 amide bonds. The van der Waals surface area contributed by atoms with Crippen molar-refractivity contribution in [1.82, 2.24) is 0 Å². The number of ether oxygens (including phenoxy) is 1. The fourth-order valence-corrected chi connectivity index (χ4v) is 1.04. The Kier molecular flexibility index (Phi) is 3.33. The van der Waals surface area contributed by atoms with Crippen LogP contribution in [0.2, 0.25) is 5.22 Å². The number of carbonyl (C=O) groups is 1. The van der Waals surface area contributed by atoms with E-state index in [-0.39, 0.29) is 17.6 Å². The van der Waals surface area contributed by atoms with Crippen LogP contribution >= 0.6 is 11.6 Å². The van der Waals surface area contributed by atoms with Crippen LogP contribution in [0.25, 0.3) is 0 Å². The van der Waals surface area contributed by atoms with Crippen molar-refractivity contribution in [1.29, 1.82) is 0 Å². The predicted octanol–water partition coefficient (Wildman–Crippen LogP) is 1.50. The highest BCUT2D eigenvalue weighted by atomic mass is 35.5. The monoisotopic (exact) mass is 203 g/mol. The first-order chi connectivity index (χ1) is 6.13. The van der Waals surface area contributed by atoms with Gasteiger partial charge in [-0.2, -0.15) is 0 Å². The van der Waals surface area contributed by atoms with Crippen molar-refractivity contribution < 1.29 is 13.9 Å². The van der Waals surface area contributed by atoms with E-state index in [0.717, 1.165) is 0 Å². The Labute approximate surface area is 80.6 Å². The molecule has 0 spiro atoms. The molecule has 0 saturated carbocycles. The van der Waals surface area contributed by atoms with E-state index in [1.165, 1.54) is 7.11 Å². The molecule has 0 aromatic carbocycles. The number of hydrogen-bond donors (Lipinski definition) is 1. The topological polar surface area (TPSA) is 65.5 Å². The second-order valence-corrected chi connectivity index (χ2v) is 2.90. The Bertz CT molecular complexity index is 297. The highest BCUT2D eigenvalue weighted by Crippen LogP contribution is 2.20. The van der Waals surface area contributed by atoms with Gasteiger partial charge in [-0.3, -0.25) is 4.79 Å². The molecule has 1 rings (SSSR count). The summed E-state index contributed by atoms with van der Waals surface area (Å²) in [6.07, 6.45) is 0.0837. The van der Waals surface area contributed by atoms with Gasteiger partial charge in [-0.15, -0.1) is 0 Å². The van der Waals surface area contributed by atoms with Gasteiger partial charge < -0.3 is 14.9 Å². The van der Waals surface area contributed by atoms with Crippen LogP contribution in [0.5, 0.6) is 0 Å². The summed E-state index contributed by atoms with van der Waals surface area (Å²) in [5.74, 6) is 0.107. The summed E-state index contributed by atoms with van der Waals surface area (Å²) in [6.45, 7) is 0. The first kappa shape index (κ1) is 10.1. The first-order valence-electron chi connectivity index (χ1n) is 3.71. The zero-order valence-electron chi connectivity index (χ0n) is 7.12. The highest BCUT2D eigenvalue weighted by Gasteiger charge is 2.14. The number of carbonyl (C=O) groups excluding carboxylic acids is 1. The van der Waals surface area contributed by atoms with E-state index in [1.54, 1.807) is 12.1 Å². The van der Waals surface area contributed by atoms with Gasteiger partial charge in [0.25, 0.3) is 0 Å². The third-order valence-corrected chi connectivity index (χ3v) is 1.78. The minimum atomic E-state index is -0.500. The van der Waals surface area contributed by atoms with Gasteiger partial charge in [0.15, 0.2) is 5.22 Å². The van der Waals surface area contributed by atoms with Crippen molar-refractivity contribution >= 4 is 17.6 Å². The number of furan rings is 1. The standard InChI is InChI=1S/C8H10ClNO3/c1-12-8(11)4-5(10)6-2-3-7(9)13-6/h2-3,5H,4,10H2,1H3. The molecule has 13 heavy (non-hydrogen) atoms. The fourth-order valence-electron chi connectivity index (χ4n) is 0.891. The Hall–Kier alpha value is -1.00. The van der Waals surface area contributed by atoms with Crippen molar-refractivity contribution in [2.24, 2.45) is 5.73 Å². The summed E-state index contributed by atoms with van der Waals surface area (Å²) in [4.78, 5) is 10.8. The van der Waals surface area contributed by atoms with Crippen molar-refractivity contribution in [3.63, 3.8) is 0 Å². The maximum Gasteiger partial charge on any atom is 0.307 e. The van der Waals surface area contributed by atoms with Gasteiger partial charge in [0.2, 0.25) is 0 Å². The van der Waals surface area contributed by atoms with Gasteiger partial charge >= 0.3 is 5.97 Å². The predicted molar refractivity (Wildman–Crippen MR) is 47.3 cm³/mol. The van der Waals surface area contributed by atoms with Crippen LogP contribution in [0.1, 0.15) is 18.2 Å². The van der Waals surface area contributed by atoms with E-state index in [1.807, 2.05) is 0 Å². The van der Waals surface area contributed by atoms with Crippen molar-refractivity contribution in [3.8, 4) is 0 Å². The summed E-state index contributed by atoms with van der Waals surface area (Å²) in [5.41, 5.74) is 5.63. The summed E-state index contributed by atoms with van der Waals surface area (Å²) >= 11 is 5.54. The van der Waals surface area contributed by atoms with Crippen molar-refractivity contribution in [3.05, 3.63) is 23.1 Å². The number of rotatable bonds is 3. The summed E-state index contributed by atoms with van der Waals surface area (Å²) in [5, 5.41) is 0.260. The van der Waals surface area contributed by atoms with Crippen LogP contribution in [-0.2, 0) is 9.53 Å². The number of esters is 1. The summed E-state index contributed by atoms with van der Waals surface area (Å²) in [7, 11) is 1.31. The molecule has 4 nitrogen and oxygen atoms in total. The minimum absolute atomic E-state index is 0.0837. The Morgan fingerprint density at radius 1 is 1.77 bits per heavy atom. The van der Waals surface area contributed by atoms with Gasteiger partial charge in [-0.05, 0) is 23.7 Å². The molecule has 0 aliphatic carbocycles. The number of methoxy groups -OCH3 is 1. The lowest BCUT2D eigenvalue weighted by Gasteiger charge is -2.05. The molecule has 1 atom stereocenters. The second-order valence-electron chi connectivity index (χ2n) is 2.53. The lowest BCUT2D eigenvalue weighted by molar-refractivity contribution is -0.141. The lowest BCUT2D eigenvalue weighted by atomic mass is 10.2. The molecule has 0 saturated heterocycles. The largest absolute Gasteiger partial charge is 0.469 e. The minimum Gasteiger partial charge on any atom is -0.469 e. The van der Waals surface area contributed by atoms with Crippen LogP contribution in [0.15, 0.2) is 16.5 Å². The van der Waals surface area contributed by atoms with Gasteiger partial charge in [-0.25, -0.2) is 0 Å². The molecule has 1 unspecified atom stereocenters. The van der Waals surface area contributed by atoms with Crippen LogP contribution in [0.4, 0.5) is 0 Å². The van der Waals surface area contributed by atoms with Crippen LogP contribution in [0, 0.1) is 0 Å². The van der Waals surface area contributed by atoms with E-state index in [2.05, 4.69) is 4.74 Å². The van der Waals surface area contributed by atoms with Gasteiger partial charge in [0, 0.05) is 0 Å². The van der Waals surface area contributed by atoms with E-state index in [4.69, 9.17) is 21.8 Å². The van der Waals surface area contributed by atoms with Gasteiger partial charge in [0.05, 0.1) is 19.6 Å². The van der Waals surface area contributed by atoms with Crippen molar-refractivity contribution in [2.75, 3.05) is 7.11 Å². The van der Waals surface area contributed by atoms with Gasteiger partial charge in [0.1, 0.15) is 5.76 Å². The third kappa shape index (κ3) is 2.75. The second kappa shape index (κ2) is 4.30. The molecular formula is C8H10ClNO3. The Morgan fingerprint density at radius 3 is 2.92 bits per heavy atom. The third-order valence-electron chi connectivity index (χ3n) is 1.57. The molecule has 0 radical (unpaired) electrons. The van der Waals surface area contributed by atoms with Crippen molar-refractivity contribution in [2.45, 2.75) is 12.5 Å².